The quantitative estimate of drug-likeness (QED) is 0.860. The third-order valence-electron chi connectivity index (χ3n) is 3.06. The van der Waals surface area contributed by atoms with Gasteiger partial charge in [0.05, 0.1) is 12.7 Å². The zero-order chi connectivity index (χ0) is 12.3. The van der Waals surface area contributed by atoms with Crippen LogP contribution in [0.2, 0.25) is 0 Å². The van der Waals surface area contributed by atoms with Crippen molar-refractivity contribution in [1.29, 1.82) is 0 Å². The van der Waals surface area contributed by atoms with E-state index in [-0.39, 0.29) is 0 Å². The number of morpholine rings is 1. The predicted molar refractivity (Wildman–Crippen MR) is 68.6 cm³/mol. The Bertz CT molecular complexity index is 383. The van der Waals surface area contributed by atoms with Gasteiger partial charge in [-0.05, 0) is 13.3 Å². The third kappa shape index (κ3) is 2.66. The van der Waals surface area contributed by atoms with Crippen molar-refractivity contribution >= 4 is 11.8 Å². The van der Waals surface area contributed by atoms with E-state index in [4.69, 9.17) is 4.74 Å². The molecular formula is C12H20N4O. The van der Waals surface area contributed by atoms with Crippen molar-refractivity contribution in [2.45, 2.75) is 26.4 Å². The topological polar surface area (TPSA) is 50.3 Å². The molecule has 1 aromatic rings. The first-order valence-electron chi connectivity index (χ1n) is 6.12. The average molecular weight is 236 g/mol. The minimum Gasteiger partial charge on any atom is -0.375 e. The summed E-state index contributed by atoms with van der Waals surface area (Å²) in [6.07, 6.45) is 3.22. The lowest BCUT2D eigenvalue weighted by molar-refractivity contribution is 0.0381. The molecule has 1 saturated heterocycles. The summed E-state index contributed by atoms with van der Waals surface area (Å²) in [5, 5.41) is 2.98. The maximum atomic E-state index is 5.67. The van der Waals surface area contributed by atoms with Crippen LogP contribution in [-0.4, -0.2) is 42.8 Å². The monoisotopic (exact) mass is 236 g/mol. The van der Waals surface area contributed by atoms with Gasteiger partial charge < -0.3 is 15.0 Å². The van der Waals surface area contributed by atoms with Crippen LogP contribution in [0.15, 0.2) is 6.20 Å². The molecule has 5 nitrogen and oxygen atoms in total. The number of nitrogens with one attached hydrogen (secondary N) is 1. The number of aromatic nitrogens is 2. The van der Waals surface area contributed by atoms with Crippen LogP contribution in [0, 0.1) is 6.92 Å². The zero-order valence-electron chi connectivity index (χ0n) is 10.7. The van der Waals surface area contributed by atoms with Gasteiger partial charge in [0, 0.05) is 31.9 Å². The SMILES string of the molecule is CCC1CN(c2nc(NC)ncc2C)CCO1. The molecule has 1 aliphatic heterocycles. The molecule has 1 N–H and O–H groups in total. The fourth-order valence-corrected chi connectivity index (χ4v) is 2.03. The number of ether oxygens (including phenoxy) is 1. The molecule has 0 amide bonds. The highest BCUT2D eigenvalue weighted by Gasteiger charge is 2.21. The van der Waals surface area contributed by atoms with Crippen LogP contribution in [0.1, 0.15) is 18.9 Å². The van der Waals surface area contributed by atoms with Crippen LogP contribution in [-0.2, 0) is 4.74 Å². The van der Waals surface area contributed by atoms with Gasteiger partial charge in [0.25, 0.3) is 0 Å². The summed E-state index contributed by atoms with van der Waals surface area (Å²) in [6.45, 7) is 6.79. The molecule has 0 aliphatic carbocycles. The molecule has 0 saturated carbocycles. The summed E-state index contributed by atoms with van der Waals surface area (Å²) < 4.78 is 5.67. The van der Waals surface area contributed by atoms with Crippen molar-refractivity contribution < 1.29 is 4.74 Å². The van der Waals surface area contributed by atoms with Crippen molar-refractivity contribution in [3.05, 3.63) is 11.8 Å². The Labute approximate surface area is 102 Å². The molecule has 1 atom stereocenters. The molecule has 1 aromatic heterocycles. The van der Waals surface area contributed by atoms with Gasteiger partial charge in [-0.15, -0.1) is 0 Å². The van der Waals surface area contributed by atoms with Crippen LogP contribution < -0.4 is 10.2 Å². The molecule has 0 radical (unpaired) electrons. The Balaban J connectivity index is 2.20. The van der Waals surface area contributed by atoms with Crippen LogP contribution in [0.4, 0.5) is 11.8 Å². The van der Waals surface area contributed by atoms with E-state index in [1.54, 1.807) is 0 Å². The van der Waals surface area contributed by atoms with Crippen molar-refractivity contribution in [2.24, 2.45) is 0 Å². The van der Waals surface area contributed by atoms with Gasteiger partial charge >= 0.3 is 0 Å². The van der Waals surface area contributed by atoms with Crippen molar-refractivity contribution in [3.8, 4) is 0 Å². The zero-order valence-corrected chi connectivity index (χ0v) is 10.7. The summed E-state index contributed by atoms with van der Waals surface area (Å²) in [5.74, 6) is 1.69. The summed E-state index contributed by atoms with van der Waals surface area (Å²) in [6, 6.07) is 0. The second-order valence-electron chi connectivity index (χ2n) is 4.30. The fourth-order valence-electron chi connectivity index (χ4n) is 2.03. The molecule has 5 heteroatoms. The second-order valence-corrected chi connectivity index (χ2v) is 4.30. The number of hydrogen-bond acceptors (Lipinski definition) is 5. The van der Waals surface area contributed by atoms with E-state index >= 15 is 0 Å². The van der Waals surface area contributed by atoms with E-state index in [0.29, 0.717) is 12.1 Å². The molecule has 2 rings (SSSR count). The van der Waals surface area contributed by atoms with E-state index in [2.05, 4.69) is 27.1 Å². The number of anilines is 2. The lowest BCUT2D eigenvalue weighted by Gasteiger charge is -2.34. The number of aryl methyl sites for hydroxylation is 1. The Morgan fingerprint density at radius 2 is 2.41 bits per heavy atom. The second kappa shape index (κ2) is 5.31. The molecule has 0 spiro atoms. The predicted octanol–water partition coefficient (Wildman–Crippen LogP) is 1.44. The van der Waals surface area contributed by atoms with Gasteiger partial charge in [0.1, 0.15) is 5.82 Å². The van der Waals surface area contributed by atoms with Gasteiger partial charge in [0.15, 0.2) is 0 Å². The van der Waals surface area contributed by atoms with Crippen LogP contribution in [0.25, 0.3) is 0 Å². The Hall–Kier alpha value is -1.36. The van der Waals surface area contributed by atoms with Gasteiger partial charge in [0.2, 0.25) is 5.95 Å². The van der Waals surface area contributed by atoms with E-state index in [1.807, 2.05) is 20.2 Å². The molecule has 94 valence electrons. The number of nitrogens with zero attached hydrogens (tertiary/aromatic N) is 3. The fraction of sp³-hybridized carbons (Fsp3) is 0.667. The highest BCUT2D eigenvalue weighted by Crippen LogP contribution is 2.21. The lowest BCUT2D eigenvalue weighted by atomic mass is 10.2. The number of hydrogen-bond donors (Lipinski definition) is 1. The molecule has 2 heterocycles. The van der Waals surface area contributed by atoms with E-state index < -0.39 is 0 Å². The standard InChI is InChI=1S/C12H20N4O/c1-4-10-8-16(5-6-17-10)11-9(2)7-14-12(13-3)15-11/h7,10H,4-6,8H2,1-3H3,(H,13,14,15). The maximum absolute atomic E-state index is 5.67. The molecule has 1 unspecified atom stereocenters. The largest absolute Gasteiger partial charge is 0.375 e. The summed E-state index contributed by atoms with van der Waals surface area (Å²) in [7, 11) is 1.84. The summed E-state index contributed by atoms with van der Waals surface area (Å²) in [4.78, 5) is 11.0. The Morgan fingerprint density at radius 1 is 1.59 bits per heavy atom. The third-order valence-corrected chi connectivity index (χ3v) is 3.06. The first-order valence-corrected chi connectivity index (χ1v) is 6.12. The highest BCUT2D eigenvalue weighted by molar-refractivity contribution is 5.49. The van der Waals surface area contributed by atoms with E-state index in [1.165, 1.54) is 0 Å². The molecule has 1 fully saturated rings. The molecular weight excluding hydrogens is 216 g/mol. The summed E-state index contributed by atoms with van der Waals surface area (Å²) >= 11 is 0. The smallest absolute Gasteiger partial charge is 0.224 e. The van der Waals surface area contributed by atoms with Crippen molar-refractivity contribution in [2.75, 3.05) is 37.0 Å². The van der Waals surface area contributed by atoms with Crippen molar-refractivity contribution in [1.82, 2.24) is 9.97 Å². The first-order chi connectivity index (χ1) is 8.24. The van der Waals surface area contributed by atoms with Gasteiger partial charge in [-0.3, -0.25) is 0 Å². The average Bonchev–Trinajstić information content (AvgIpc) is 2.39. The maximum Gasteiger partial charge on any atom is 0.224 e. The van der Waals surface area contributed by atoms with Gasteiger partial charge in [-0.1, -0.05) is 6.92 Å². The Kier molecular flexibility index (Phi) is 3.78. The first kappa shape index (κ1) is 12.1. The molecule has 17 heavy (non-hydrogen) atoms. The normalized spacial score (nSPS) is 20.4. The minimum absolute atomic E-state index is 0.316. The number of rotatable bonds is 3. The summed E-state index contributed by atoms with van der Waals surface area (Å²) in [5.41, 5.74) is 1.11. The van der Waals surface area contributed by atoms with Gasteiger partial charge in [-0.2, -0.15) is 4.98 Å². The molecule has 0 bridgehead atoms. The van der Waals surface area contributed by atoms with Gasteiger partial charge in [-0.25, -0.2) is 4.98 Å². The van der Waals surface area contributed by atoms with E-state index in [0.717, 1.165) is 37.5 Å². The van der Waals surface area contributed by atoms with E-state index in [9.17, 15) is 0 Å². The lowest BCUT2D eigenvalue weighted by Crippen LogP contribution is -2.43. The van der Waals surface area contributed by atoms with Crippen LogP contribution in [0.3, 0.4) is 0 Å². The molecule has 1 aliphatic rings. The van der Waals surface area contributed by atoms with Crippen LogP contribution in [0.5, 0.6) is 0 Å². The van der Waals surface area contributed by atoms with Crippen molar-refractivity contribution in [3.63, 3.8) is 0 Å². The highest BCUT2D eigenvalue weighted by atomic mass is 16.5. The molecule has 0 aromatic carbocycles. The van der Waals surface area contributed by atoms with Crippen LogP contribution >= 0.6 is 0 Å². The minimum atomic E-state index is 0.316. The Morgan fingerprint density at radius 3 is 3.12 bits per heavy atom.